The van der Waals surface area contributed by atoms with E-state index in [9.17, 15) is 9.59 Å². The largest absolute Gasteiger partial charge is 0.497 e. The second kappa shape index (κ2) is 8.36. The lowest BCUT2D eigenvalue weighted by Crippen LogP contribution is -2.21. The van der Waals surface area contributed by atoms with Gasteiger partial charge < -0.3 is 19.5 Å². The molecule has 2 aromatic rings. The lowest BCUT2D eigenvalue weighted by atomic mass is 10.1. The summed E-state index contributed by atoms with van der Waals surface area (Å²) in [7, 11) is 2.98. The number of anilines is 1. The zero-order valence-corrected chi connectivity index (χ0v) is 13.7. The molecule has 0 atom stereocenters. The third-order valence-corrected chi connectivity index (χ3v) is 3.26. The first-order valence-electron chi connectivity index (χ1n) is 7.26. The van der Waals surface area contributed by atoms with Crippen LogP contribution in [0.4, 0.5) is 5.69 Å². The monoisotopic (exact) mass is 340 g/mol. The molecular formula is C18H16N2O5. The molecule has 0 saturated heterocycles. The SMILES string of the molecule is COc1ccc(OC)c(NC(=O)COC(=O)c2ccc(C#N)cc2)c1. The summed E-state index contributed by atoms with van der Waals surface area (Å²) in [4.78, 5) is 23.9. The molecule has 2 rings (SSSR count). The van der Waals surface area contributed by atoms with Crippen LogP contribution in [0.2, 0.25) is 0 Å². The first-order valence-corrected chi connectivity index (χ1v) is 7.26. The summed E-state index contributed by atoms with van der Waals surface area (Å²) >= 11 is 0. The molecule has 0 bridgehead atoms. The minimum absolute atomic E-state index is 0.255. The standard InChI is InChI=1S/C18H16N2O5/c1-23-14-7-8-16(24-2)15(9-14)20-17(21)11-25-18(22)13-5-3-12(10-19)4-6-13/h3-9H,11H2,1-2H3,(H,20,21). The van der Waals surface area contributed by atoms with Gasteiger partial charge in [-0.3, -0.25) is 4.79 Å². The van der Waals surface area contributed by atoms with Crippen LogP contribution in [0.3, 0.4) is 0 Å². The van der Waals surface area contributed by atoms with Crippen molar-refractivity contribution in [3.63, 3.8) is 0 Å². The predicted octanol–water partition coefficient (Wildman–Crippen LogP) is 2.37. The van der Waals surface area contributed by atoms with Gasteiger partial charge in [-0.1, -0.05) is 0 Å². The van der Waals surface area contributed by atoms with Crippen LogP contribution in [0.5, 0.6) is 11.5 Å². The maximum absolute atomic E-state index is 12.0. The van der Waals surface area contributed by atoms with Crippen LogP contribution in [-0.4, -0.2) is 32.7 Å². The van der Waals surface area contributed by atoms with E-state index in [2.05, 4.69) is 5.32 Å². The molecule has 0 saturated carbocycles. The molecule has 0 fully saturated rings. The first-order chi connectivity index (χ1) is 12.1. The molecule has 0 aliphatic rings. The van der Waals surface area contributed by atoms with Crippen molar-refractivity contribution in [3.05, 3.63) is 53.6 Å². The highest BCUT2D eigenvalue weighted by molar-refractivity contribution is 5.96. The Kier molecular flexibility index (Phi) is 5.96. The van der Waals surface area contributed by atoms with Crippen molar-refractivity contribution in [1.29, 1.82) is 5.26 Å². The highest BCUT2D eigenvalue weighted by Gasteiger charge is 2.13. The van der Waals surface area contributed by atoms with Gasteiger partial charge in [0.05, 0.1) is 37.1 Å². The summed E-state index contributed by atoms with van der Waals surface area (Å²) in [5, 5.41) is 11.3. The van der Waals surface area contributed by atoms with Crippen molar-refractivity contribution < 1.29 is 23.8 Å². The number of benzene rings is 2. The summed E-state index contributed by atoms with van der Waals surface area (Å²) in [6.07, 6.45) is 0. The summed E-state index contributed by atoms with van der Waals surface area (Å²) in [5.74, 6) is -0.177. The predicted molar refractivity (Wildman–Crippen MR) is 89.6 cm³/mol. The summed E-state index contributed by atoms with van der Waals surface area (Å²) in [6.45, 7) is -0.459. The molecule has 0 aliphatic carbocycles. The van der Waals surface area contributed by atoms with Gasteiger partial charge in [-0.2, -0.15) is 5.26 Å². The Bertz CT molecular complexity index is 809. The van der Waals surface area contributed by atoms with Gasteiger partial charge in [0.25, 0.3) is 5.91 Å². The second-order valence-corrected chi connectivity index (χ2v) is 4.88. The molecule has 128 valence electrons. The van der Waals surface area contributed by atoms with Crippen LogP contribution in [-0.2, 0) is 9.53 Å². The van der Waals surface area contributed by atoms with Crippen LogP contribution in [0.1, 0.15) is 15.9 Å². The Labute approximate surface area is 144 Å². The average molecular weight is 340 g/mol. The maximum atomic E-state index is 12.0. The number of ether oxygens (including phenoxy) is 3. The number of rotatable bonds is 6. The van der Waals surface area contributed by atoms with E-state index in [1.807, 2.05) is 6.07 Å². The van der Waals surface area contributed by atoms with Gasteiger partial charge in [0, 0.05) is 6.07 Å². The lowest BCUT2D eigenvalue weighted by molar-refractivity contribution is -0.119. The topological polar surface area (TPSA) is 97.7 Å². The zero-order valence-electron chi connectivity index (χ0n) is 13.7. The lowest BCUT2D eigenvalue weighted by Gasteiger charge is -2.12. The minimum Gasteiger partial charge on any atom is -0.497 e. The number of methoxy groups -OCH3 is 2. The van der Waals surface area contributed by atoms with Gasteiger partial charge in [-0.25, -0.2) is 4.79 Å². The van der Waals surface area contributed by atoms with E-state index in [-0.39, 0.29) is 5.56 Å². The van der Waals surface area contributed by atoms with E-state index in [0.29, 0.717) is 22.7 Å². The Hall–Kier alpha value is -3.53. The number of amides is 1. The Morgan fingerprint density at radius 1 is 1.08 bits per heavy atom. The highest BCUT2D eigenvalue weighted by Crippen LogP contribution is 2.28. The number of hydrogen-bond donors (Lipinski definition) is 1. The number of nitrogens with zero attached hydrogens (tertiary/aromatic N) is 1. The van der Waals surface area contributed by atoms with E-state index in [1.165, 1.54) is 38.5 Å². The van der Waals surface area contributed by atoms with E-state index < -0.39 is 18.5 Å². The van der Waals surface area contributed by atoms with Crippen LogP contribution < -0.4 is 14.8 Å². The Morgan fingerprint density at radius 3 is 2.40 bits per heavy atom. The number of carbonyl (C=O) groups excluding carboxylic acids is 2. The average Bonchev–Trinajstić information content (AvgIpc) is 2.66. The number of carbonyl (C=O) groups is 2. The molecule has 7 nitrogen and oxygen atoms in total. The van der Waals surface area contributed by atoms with Gasteiger partial charge in [0.15, 0.2) is 6.61 Å². The van der Waals surface area contributed by atoms with Gasteiger partial charge in [0.2, 0.25) is 0 Å². The Balaban J connectivity index is 1.96. The van der Waals surface area contributed by atoms with Crippen LogP contribution in [0, 0.1) is 11.3 Å². The number of nitrogens with one attached hydrogen (secondary N) is 1. The third-order valence-electron chi connectivity index (χ3n) is 3.26. The van der Waals surface area contributed by atoms with Crippen molar-refractivity contribution in [3.8, 4) is 17.6 Å². The Morgan fingerprint density at radius 2 is 1.80 bits per heavy atom. The fourth-order valence-corrected chi connectivity index (χ4v) is 1.99. The normalized spacial score (nSPS) is 9.64. The molecule has 0 spiro atoms. The van der Waals surface area contributed by atoms with E-state index in [0.717, 1.165) is 0 Å². The minimum atomic E-state index is -0.655. The van der Waals surface area contributed by atoms with Crippen molar-refractivity contribution in [2.75, 3.05) is 26.1 Å². The van der Waals surface area contributed by atoms with E-state index in [4.69, 9.17) is 19.5 Å². The van der Waals surface area contributed by atoms with Crippen molar-refractivity contribution in [2.24, 2.45) is 0 Å². The van der Waals surface area contributed by atoms with Crippen LogP contribution >= 0.6 is 0 Å². The molecule has 7 heteroatoms. The summed E-state index contributed by atoms with van der Waals surface area (Å²) in [6, 6.07) is 12.8. The van der Waals surface area contributed by atoms with Crippen molar-refractivity contribution in [2.45, 2.75) is 0 Å². The van der Waals surface area contributed by atoms with Gasteiger partial charge in [-0.05, 0) is 36.4 Å². The van der Waals surface area contributed by atoms with Gasteiger partial charge in [-0.15, -0.1) is 0 Å². The molecule has 0 aliphatic heterocycles. The summed E-state index contributed by atoms with van der Waals surface area (Å²) in [5.41, 5.74) is 1.09. The number of nitriles is 1. The molecule has 1 amide bonds. The molecule has 0 radical (unpaired) electrons. The van der Waals surface area contributed by atoms with Gasteiger partial charge in [0.1, 0.15) is 11.5 Å². The molecule has 25 heavy (non-hydrogen) atoms. The molecule has 0 aromatic heterocycles. The number of esters is 1. The second-order valence-electron chi connectivity index (χ2n) is 4.88. The smallest absolute Gasteiger partial charge is 0.338 e. The zero-order chi connectivity index (χ0) is 18.2. The molecule has 0 heterocycles. The van der Waals surface area contributed by atoms with E-state index >= 15 is 0 Å². The maximum Gasteiger partial charge on any atom is 0.338 e. The number of hydrogen-bond acceptors (Lipinski definition) is 6. The fraction of sp³-hybridized carbons (Fsp3) is 0.167. The molecule has 1 N–H and O–H groups in total. The molecule has 2 aromatic carbocycles. The van der Waals surface area contributed by atoms with Crippen LogP contribution in [0.15, 0.2) is 42.5 Å². The highest BCUT2D eigenvalue weighted by atomic mass is 16.5. The molecule has 0 unspecified atom stereocenters. The van der Waals surface area contributed by atoms with Crippen molar-refractivity contribution >= 4 is 17.6 Å². The third kappa shape index (κ3) is 4.72. The van der Waals surface area contributed by atoms with Crippen molar-refractivity contribution in [1.82, 2.24) is 0 Å². The summed E-state index contributed by atoms with van der Waals surface area (Å²) < 4.78 is 15.2. The van der Waals surface area contributed by atoms with Crippen LogP contribution in [0.25, 0.3) is 0 Å². The quantitative estimate of drug-likeness (QED) is 0.811. The van der Waals surface area contributed by atoms with E-state index in [1.54, 1.807) is 18.2 Å². The van der Waals surface area contributed by atoms with Gasteiger partial charge >= 0.3 is 5.97 Å². The fourth-order valence-electron chi connectivity index (χ4n) is 1.99. The molecular weight excluding hydrogens is 324 g/mol. The first kappa shape index (κ1) is 17.8.